The number of aliphatic hydroxyl groups is 2. The molecule has 6 heteroatoms. The third-order valence-electron chi connectivity index (χ3n) is 4.43. The summed E-state index contributed by atoms with van der Waals surface area (Å²) in [4.78, 5) is 23.9. The van der Waals surface area contributed by atoms with E-state index in [4.69, 9.17) is 4.74 Å². The van der Waals surface area contributed by atoms with Gasteiger partial charge < -0.3 is 20.3 Å². The van der Waals surface area contributed by atoms with Crippen molar-refractivity contribution in [3.8, 4) is 0 Å². The highest BCUT2D eigenvalue weighted by molar-refractivity contribution is 5.76. The minimum Gasteiger partial charge on any atom is -0.459 e. The van der Waals surface area contributed by atoms with Crippen LogP contribution in [0.4, 0.5) is 0 Å². The van der Waals surface area contributed by atoms with Gasteiger partial charge in [0, 0.05) is 25.8 Å². The van der Waals surface area contributed by atoms with E-state index < -0.39 is 24.3 Å². The molecule has 0 aliphatic carbocycles. The molecule has 6 nitrogen and oxygen atoms in total. The third kappa shape index (κ3) is 10.1. The molecule has 1 aliphatic rings. The number of esters is 1. The zero-order valence-electron chi connectivity index (χ0n) is 16.2. The fourth-order valence-electron chi connectivity index (χ4n) is 3.03. The zero-order chi connectivity index (χ0) is 20.2. The summed E-state index contributed by atoms with van der Waals surface area (Å²) < 4.78 is 5.34. The van der Waals surface area contributed by atoms with E-state index in [0.717, 1.165) is 5.57 Å². The molecule has 0 saturated carbocycles. The highest BCUT2D eigenvalue weighted by Gasteiger charge is 2.20. The summed E-state index contributed by atoms with van der Waals surface area (Å²) in [5.41, 5.74) is 0.877. The number of aliphatic hydroxyl groups excluding tert-OH is 2. The molecule has 4 atom stereocenters. The first-order valence-corrected chi connectivity index (χ1v) is 9.60. The van der Waals surface area contributed by atoms with Gasteiger partial charge in [-0.05, 0) is 31.6 Å². The fraction of sp³-hybridized carbons (Fsp3) is 0.619. The summed E-state index contributed by atoms with van der Waals surface area (Å²) in [6, 6.07) is 0. The molecule has 0 aromatic rings. The average molecular weight is 379 g/mol. The number of rotatable bonds is 2. The molecule has 1 amide bonds. The third-order valence-corrected chi connectivity index (χ3v) is 4.43. The van der Waals surface area contributed by atoms with Crippen LogP contribution in [-0.4, -0.2) is 46.9 Å². The van der Waals surface area contributed by atoms with Crippen molar-refractivity contribution in [3.05, 3.63) is 37.0 Å². The summed E-state index contributed by atoms with van der Waals surface area (Å²) in [6.45, 7) is 10.0. The summed E-state index contributed by atoms with van der Waals surface area (Å²) >= 11 is 0. The Bertz CT molecular complexity index is 543. The zero-order valence-corrected chi connectivity index (χ0v) is 16.2. The molecule has 0 aromatic carbocycles. The van der Waals surface area contributed by atoms with E-state index in [0.29, 0.717) is 38.6 Å². The Balaban J connectivity index is 2.77. The number of cyclic esters (lactones) is 1. The Hall–Kier alpha value is -1.92. The molecule has 0 spiro atoms. The van der Waals surface area contributed by atoms with Crippen molar-refractivity contribution in [1.29, 1.82) is 0 Å². The van der Waals surface area contributed by atoms with Gasteiger partial charge in [-0.1, -0.05) is 37.3 Å². The average Bonchev–Trinajstić information content (AvgIpc) is 2.58. The normalized spacial score (nSPS) is 29.6. The lowest BCUT2D eigenvalue weighted by molar-refractivity contribution is -0.153. The Kier molecular flexibility index (Phi) is 10.7. The minimum absolute atomic E-state index is 0.0198. The van der Waals surface area contributed by atoms with Crippen LogP contribution in [0.5, 0.6) is 0 Å². The SMILES string of the molecule is C=CC(O)C1C/C=C/C(O)CC(=C)CC(C)CC(=O)NCCCCC(=O)O1. The second-order valence-electron chi connectivity index (χ2n) is 7.26. The van der Waals surface area contributed by atoms with Gasteiger partial charge in [-0.15, -0.1) is 6.58 Å². The number of carbonyl (C=O) groups is 2. The second kappa shape index (κ2) is 12.5. The number of carbonyl (C=O) groups excluding carboxylic acids is 2. The molecule has 0 bridgehead atoms. The Morgan fingerprint density at radius 2 is 2.04 bits per heavy atom. The molecule has 0 aromatic heterocycles. The van der Waals surface area contributed by atoms with E-state index in [9.17, 15) is 19.8 Å². The monoisotopic (exact) mass is 379 g/mol. The molecule has 152 valence electrons. The van der Waals surface area contributed by atoms with Crippen molar-refractivity contribution in [1.82, 2.24) is 5.32 Å². The van der Waals surface area contributed by atoms with E-state index in [1.807, 2.05) is 6.92 Å². The maximum absolute atomic E-state index is 12.0. The number of amides is 1. The predicted octanol–water partition coefficient (Wildman–Crippen LogP) is 2.42. The lowest BCUT2D eigenvalue weighted by Crippen LogP contribution is -2.29. The number of hydrogen-bond donors (Lipinski definition) is 3. The Morgan fingerprint density at radius 1 is 1.30 bits per heavy atom. The van der Waals surface area contributed by atoms with Crippen molar-refractivity contribution in [3.63, 3.8) is 0 Å². The first-order valence-electron chi connectivity index (χ1n) is 9.60. The summed E-state index contributed by atoms with van der Waals surface area (Å²) in [7, 11) is 0. The predicted molar refractivity (Wildman–Crippen MR) is 105 cm³/mol. The molecular formula is C21H33NO5. The number of ether oxygens (including phenoxy) is 1. The van der Waals surface area contributed by atoms with Gasteiger partial charge in [0.05, 0.1) is 6.10 Å². The molecule has 1 aliphatic heterocycles. The highest BCUT2D eigenvalue weighted by atomic mass is 16.6. The van der Waals surface area contributed by atoms with Gasteiger partial charge in [-0.25, -0.2) is 0 Å². The van der Waals surface area contributed by atoms with E-state index in [1.165, 1.54) is 6.08 Å². The lowest BCUT2D eigenvalue weighted by atomic mass is 9.95. The topological polar surface area (TPSA) is 95.9 Å². The van der Waals surface area contributed by atoms with Gasteiger partial charge in [-0.3, -0.25) is 9.59 Å². The summed E-state index contributed by atoms with van der Waals surface area (Å²) in [6.07, 6.45) is 5.48. The first kappa shape index (κ1) is 23.1. The molecule has 0 radical (unpaired) electrons. The molecule has 0 fully saturated rings. The quantitative estimate of drug-likeness (QED) is 0.506. The van der Waals surface area contributed by atoms with Crippen LogP contribution in [0.25, 0.3) is 0 Å². The molecule has 1 heterocycles. The largest absolute Gasteiger partial charge is 0.459 e. The van der Waals surface area contributed by atoms with Crippen molar-refractivity contribution in [2.24, 2.45) is 5.92 Å². The van der Waals surface area contributed by atoms with Crippen LogP contribution < -0.4 is 5.32 Å². The molecule has 0 saturated heterocycles. The first-order chi connectivity index (χ1) is 12.8. The van der Waals surface area contributed by atoms with Crippen molar-refractivity contribution >= 4 is 11.9 Å². The summed E-state index contributed by atoms with van der Waals surface area (Å²) in [5, 5.41) is 23.0. The molecule has 27 heavy (non-hydrogen) atoms. The van der Waals surface area contributed by atoms with Gasteiger partial charge in [0.2, 0.25) is 5.91 Å². The second-order valence-corrected chi connectivity index (χ2v) is 7.26. The van der Waals surface area contributed by atoms with E-state index >= 15 is 0 Å². The standard InChI is InChI=1S/C21H33NO5/c1-4-18(24)19-9-7-8-17(23)13-15(2)12-16(3)14-20(25)22-11-6-5-10-21(26)27-19/h4,7-8,16-19,23-24H,1-2,5-6,9-14H2,3H3,(H,22,25)/b8-7+. The number of hydrogen-bond acceptors (Lipinski definition) is 5. The van der Waals surface area contributed by atoms with Crippen LogP contribution >= 0.6 is 0 Å². The summed E-state index contributed by atoms with van der Waals surface area (Å²) in [5.74, 6) is -0.271. The van der Waals surface area contributed by atoms with Crippen molar-refractivity contribution in [2.45, 2.75) is 70.2 Å². The van der Waals surface area contributed by atoms with Crippen LogP contribution in [0.3, 0.4) is 0 Å². The van der Waals surface area contributed by atoms with Crippen LogP contribution in [0.2, 0.25) is 0 Å². The van der Waals surface area contributed by atoms with Gasteiger partial charge in [0.1, 0.15) is 12.2 Å². The van der Waals surface area contributed by atoms with E-state index in [1.54, 1.807) is 12.2 Å². The Morgan fingerprint density at radius 3 is 2.74 bits per heavy atom. The van der Waals surface area contributed by atoms with Gasteiger partial charge in [-0.2, -0.15) is 0 Å². The van der Waals surface area contributed by atoms with E-state index in [-0.39, 0.29) is 24.7 Å². The molecular weight excluding hydrogens is 346 g/mol. The molecule has 3 N–H and O–H groups in total. The number of nitrogens with one attached hydrogen (secondary N) is 1. The van der Waals surface area contributed by atoms with Crippen LogP contribution in [0.1, 0.15) is 51.9 Å². The van der Waals surface area contributed by atoms with Crippen molar-refractivity contribution < 1.29 is 24.5 Å². The maximum atomic E-state index is 12.0. The molecule has 4 unspecified atom stereocenters. The maximum Gasteiger partial charge on any atom is 0.306 e. The van der Waals surface area contributed by atoms with Crippen molar-refractivity contribution in [2.75, 3.05) is 6.54 Å². The van der Waals surface area contributed by atoms with Gasteiger partial charge in [0.25, 0.3) is 0 Å². The minimum atomic E-state index is -0.976. The highest BCUT2D eigenvalue weighted by Crippen LogP contribution is 2.18. The van der Waals surface area contributed by atoms with Crippen LogP contribution in [-0.2, 0) is 14.3 Å². The smallest absolute Gasteiger partial charge is 0.306 e. The van der Waals surface area contributed by atoms with Gasteiger partial charge >= 0.3 is 5.97 Å². The van der Waals surface area contributed by atoms with Crippen LogP contribution in [0.15, 0.2) is 37.0 Å². The van der Waals surface area contributed by atoms with Crippen LogP contribution in [0, 0.1) is 5.92 Å². The lowest BCUT2D eigenvalue weighted by Gasteiger charge is -2.20. The molecule has 1 rings (SSSR count). The van der Waals surface area contributed by atoms with E-state index in [2.05, 4.69) is 18.5 Å². The Labute approximate surface area is 162 Å². The van der Waals surface area contributed by atoms with Gasteiger partial charge in [0.15, 0.2) is 0 Å². The fourth-order valence-corrected chi connectivity index (χ4v) is 3.03.